The summed E-state index contributed by atoms with van der Waals surface area (Å²) < 4.78 is 37.2. The van der Waals surface area contributed by atoms with E-state index in [0.29, 0.717) is 21.4 Å². The summed E-state index contributed by atoms with van der Waals surface area (Å²) in [6.45, 7) is 1.10. The molecule has 4 aromatic rings. The Morgan fingerprint density at radius 1 is 0.973 bits per heavy atom. The highest BCUT2D eigenvalue weighted by Gasteiger charge is 2.24. The smallest absolute Gasteiger partial charge is 0.338 e. The van der Waals surface area contributed by atoms with E-state index in [1.807, 2.05) is 6.07 Å². The van der Waals surface area contributed by atoms with Gasteiger partial charge in [-0.1, -0.05) is 58.4 Å². The highest BCUT2D eigenvalue weighted by atomic mass is 79.9. The van der Waals surface area contributed by atoms with Crippen molar-refractivity contribution in [3.63, 3.8) is 0 Å². The van der Waals surface area contributed by atoms with Gasteiger partial charge in [-0.2, -0.15) is 0 Å². The number of para-hydroxylation sites is 1. The Morgan fingerprint density at radius 3 is 2.35 bits per heavy atom. The Morgan fingerprint density at radius 2 is 1.65 bits per heavy atom. The molecule has 1 aromatic heterocycles. The minimum atomic E-state index is -4.24. The molecular formula is C26H22BrN3O6S. The number of rotatable bonds is 8. The molecule has 0 saturated carbocycles. The normalized spacial score (nSPS) is 11.2. The molecule has 9 nitrogen and oxygen atoms in total. The lowest BCUT2D eigenvalue weighted by atomic mass is 10.1. The van der Waals surface area contributed by atoms with E-state index in [9.17, 15) is 22.8 Å². The number of hydrogen-bond acceptors (Lipinski definition) is 6. The molecule has 0 aliphatic rings. The maximum Gasteiger partial charge on any atom is 0.338 e. The zero-order valence-electron chi connectivity index (χ0n) is 19.8. The molecule has 0 bridgehead atoms. The number of sulfonamides is 1. The molecular weight excluding hydrogens is 562 g/mol. The molecule has 0 atom stereocenters. The summed E-state index contributed by atoms with van der Waals surface area (Å²) in [4.78, 5) is 37.8. The summed E-state index contributed by atoms with van der Waals surface area (Å²) in [6.07, 6.45) is 0. The fraction of sp³-hybridized carbons (Fsp3) is 0.115. The van der Waals surface area contributed by atoms with Crippen molar-refractivity contribution < 1.29 is 22.7 Å². The van der Waals surface area contributed by atoms with E-state index in [-0.39, 0.29) is 16.1 Å². The van der Waals surface area contributed by atoms with Crippen LogP contribution in [0.15, 0.2) is 93.0 Å². The topological polar surface area (TPSA) is 116 Å². The van der Waals surface area contributed by atoms with E-state index in [1.54, 1.807) is 67.2 Å². The predicted octanol–water partition coefficient (Wildman–Crippen LogP) is 4.09. The minimum Gasteiger partial charge on any atom is -0.454 e. The highest BCUT2D eigenvalue weighted by molar-refractivity contribution is 9.10. The van der Waals surface area contributed by atoms with Crippen molar-refractivity contribution >= 4 is 43.4 Å². The Labute approximate surface area is 221 Å². The molecule has 4 rings (SSSR count). The summed E-state index contributed by atoms with van der Waals surface area (Å²) >= 11 is 3.28. The third kappa shape index (κ3) is 5.42. The molecule has 37 heavy (non-hydrogen) atoms. The zero-order chi connectivity index (χ0) is 26.7. The van der Waals surface area contributed by atoms with Gasteiger partial charge in [0.2, 0.25) is 5.78 Å². The summed E-state index contributed by atoms with van der Waals surface area (Å²) in [6, 6.07) is 20.7. The standard InChI is InChI=1S/C26H22BrN3O6S/c1-17-24(25(32)30(29(17)2)19-10-4-3-5-11-19)28-37(34,35)20-12-8-9-18(15-20)26(33)36-16-23(31)21-13-6-7-14-22(21)27/h3-15,28H,16H2,1-2H3. The van der Waals surface area contributed by atoms with Crippen LogP contribution >= 0.6 is 15.9 Å². The van der Waals surface area contributed by atoms with Gasteiger partial charge in [0.25, 0.3) is 15.6 Å². The van der Waals surface area contributed by atoms with E-state index < -0.39 is 33.9 Å². The van der Waals surface area contributed by atoms with Crippen LogP contribution in [0.1, 0.15) is 26.4 Å². The van der Waals surface area contributed by atoms with Crippen LogP contribution in [0, 0.1) is 6.92 Å². The first-order chi connectivity index (χ1) is 17.6. The van der Waals surface area contributed by atoms with Crippen LogP contribution < -0.4 is 10.3 Å². The fourth-order valence-electron chi connectivity index (χ4n) is 3.65. The van der Waals surface area contributed by atoms with Crippen molar-refractivity contribution in [2.24, 2.45) is 7.05 Å². The molecule has 0 fully saturated rings. The number of anilines is 1. The number of nitrogens with one attached hydrogen (secondary N) is 1. The number of benzene rings is 3. The van der Waals surface area contributed by atoms with Gasteiger partial charge in [0.05, 0.1) is 21.8 Å². The fourth-order valence-corrected chi connectivity index (χ4v) is 5.32. The number of carbonyl (C=O) groups excluding carboxylic acids is 2. The zero-order valence-corrected chi connectivity index (χ0v) is 22.2. The van der Waals surface area contributed by atoms with Gasteiger partial charge in [-0.15, -0.1) is 0 Å². The molecule has 0 aliphatic heterocycles. The number of hydrogen-bond donors (Lipinski definition) is 1. The predicted molar refractivity (Wildman–Crippen MR) is 142 cm³/mol. The van der Waals surface area contributed by atoms with Crippen molar-refractivity contribution in [2.45, 2.75) is 11.8 Å². The Bertz CT molecular complexity index is 1660. The van der Waals surface area contributed by atoms with Gasteiger partial charge in [-0.05, 0) is 43.3 Å². The third-order valence-corrected chi connectivity index (χ3v) is 7.72. The first-order valence-electron chi connectivity index (χ1n) is 11.0. The molecule has 0 amide bonds. The van der Waals surface area contributed by atoms with Crippen LogP contribution in [0.25, 0.3) is 5.69 Å². The second-order valence-corrected chi connectivity index (χ2v) is 10.6. The van der Waals surface area contributed by atoms with Crippen molar-refractivity contribution in [1.29, 1.82) is 0 Å². The molecule has 1 heterocycles. The van der Waals surface area contributed by atoms with E-state index >= 15 is 0 Å². The van der Waals surface area contributed by atoms with Crippen LogP contribution in [0.2, 0.25) is 0 Å². The molecule has 1 N–H and O–H groups in total. The molecule has 11 heteroatoms. The van der Waals surface area contributed by atoms with Gasteiger partial charge >= 0.3 is 5.97 Å². The molecule has 0 spiro atoms. The largest absolute Gasteiger partial charge is 0.454 e. The van der Waals surface area contributed by atoms with E-state index in [0.717, 1.165) is 6.07 Å². The number of halogens is 1. The molecule has 0 aliphatic carbocycles. The number of esters is 1. The number of Topliss-reactive ketones (excluding diaryl/α,β-unsaturated/α-hetero) is 1. The first kappa shape index (κ1) is 26.1. The van der Waals surface area contributed by atoms with E-state index in [4.69, 9.17) is 4.74 Å². The molecule has 0 radical (unpaired) electrons. The van der Waals surface area contributed by atoms with Crippen LogP contribution in [-0.4, -0.2) is 36.1 Å². The third-order valence-electron chi connectivity index (χ3n) is 5.68. The summed E-state index contributed by atoms with van der Waals surface area (Å²) in [5.74, 6) is -1.28. The van der Waals surface area contributed by atoms with Crippen LogP contribution in [-0.2, 0) is 21.8 Å². The average Bonchev–Trinajstić information content (AvgIpc) is 3.10. The van der Waals surface area contributed by atoms with E-state index in [2.05, 4.69) is 20.7 Å². The van der Waals surface area contributed by atoms with Crippen molar-refractivity contribution in [1.82, 2.24) is 9.36 Å². The monoisotopic (exact) mass is 583 g/mol. The number of carbonyl (C=O) groups is 2. The number of ether oxygens (including phenoxy) is 1. The Hall–Kier alpha value is -3.96. The lowest BCUT2D eigenvalue weighted by Gasteiger charge is -2.09. The lowest BCUT2D eigenvalue weighted by Crippen LogP contribution is -2.23. The van der Waals surface area contributed by atoms with Crippen molar-refractivity contribution in [2.75, 3.05) is 11.3 Å². The van der Waals surface area contributed by atoms with Gasteiger partial charge in [0, 0.05) is 17.1 Å². The summed E-state index contributed by atoms with van der Waals surface area (Å²) in [5.41, 5.74) is 0.614. The second kappa shape index (κ2) is 10.6. The van der Waals surface area contributed by atoms with Gasteiger partial charge in [0.1, 0.15) is 5.69 Å². The van der Waals surface area contributed by atoms with Crippen molar-refractivity contribution in [3.8, 4) is 5.69 Å². The molecule has 0 unspecified atom stereocenters. The average molecular weight is 584 g/mol. The van der Waals surface area contributed by atoms with E-state index in [1.165, 1.54) is 22.9 Å². The summed E-state index contributed by atoms with van der Waals surface area (Å²) in [5, 5.41) is 0. The van der Waals surface area contributed by atoms with Gasteiger partial charge < -0.3 is 4.74 Å². The van der Waals surface area contributed by atoms with Crippen LogP contribution in [0.5, 0.6) is 0 Å². The second-order valence-electron chi connectivity index (χ2n) is 8.05. The maximum absolute atomic E-state index is 13.1. The van der Waals surface area contributed by atoms with Crippen LogP contribution in [0.4, 0.5) is 5.69 Å². The Balaban J connectivity index is 1.55. The quantitative estimate of drug-likeness (QED) is 0.247. The lowest BCUT2D eigenvalue weighted by molar-refractivity contribution is 0.0474. The van der Waals surface area contributed by atoms with Gasteiger partial charge in [0.15, 0.2) is 6.61 Å². The minimum absolute atomic E-state index is 0.0608. The molecule has 190 valence electrons. The number of aromatic nitrogens is 2. The number of nitrogens with zero attached hydrogens (tertiary/aromatic N) is 2. The first-order valence-corrected chi connectivity index (χ1v) is 13.3. The number of ketones is 1. The summed E-state index contributed by atoms with van der Waals surface area (Å²) in [7, 11) is -2.59. The van der Waals surface area contributed by atoms with Crippen LogP contribution in [0.3, 0.4) is 0 Å². The maximum atomic E-state index is 13.1. The van der Waals surface area contributed by atoms with Gasteiger partial charge in [-0.3, -0.25) is 19.0 Å². The SMILES string of the molecule is Cc1c(NS(=O)(=O)c2cccc(C(=O)OCC(=O)c3ccccc3Br)c2)c(=O)n(-c2ccccc2)n1C. The Kier molecular flexibility index (Phi) is 7.46. The van der Waals surface area contributed by atoms with Gasteiger partial charge in [-0.25, -0.2) is 17.9 Å². The highest BCUT2D eigenvalue weighted by Crippen LogP contribution is 2.20. The van der Waals surface area contributed by atoms with Crippen molar-refractivity contribution in [3.05, 3.63) is 111 Å². The molecule has 0 saturated heterocycles. The molecule has 3 aromatic carbocycles.